The van der Waals surface area contributed by atoms with Gasteiger partial charge < -0.3 is 15.4 Å². The molecule has 14 heteroatoms. The van der Waals surface area contributed by atoms with Crippen LogP contribution in [0.1, 0.15) is 6.42 Å². The van der Waals surface area contributed by atoms with E-state index in [-0.39, 0.29) is 5.65 Å². The van der Waals surface area contributed by atoms with Gasteiger partial charge in [0.1, 0.15) is 23.7 Å². The van der Waals surface area contributed by atoms with Crippen LogP contribution >= 0.6 is 0 Å². The summed E-state index contributed by atoms with van der Waals surface area (Å²) in [4.78, 5) is 11.3. The molecule has 0 saturated carbocycles. The summed E-state index contributed by atoms with van der Waals surface area (Å²) in [5.41, 5.74) is 2.60. The van der Waals surface area contributed by atoms with E-state index in [0.29, 0.717) is 66.3 Å². The van der Waals surface area contributed by atoms with Crippen LogP contribution in [0.3, 0.4) is 0 Å². The van der Waals surface area contributed by atoms with E-state index in [1.54, 1.807) is 29.9 Å². The smallest absolute Gasteiger partial charge is 0.258 e. The number of hydrogen-bond donors (Lipinski definition) is 2. The maximum atomic E-state index is 14.9. The van der Waals surface area contributed by atoms with E-state index < -0.39 is 25.2 Å². The third-order valence-electron chi connectivity index (χ3n) is 6.72. The number of nitrogens with one attached hydrogen (secondary N) is 2. The second-order valence-corrected chi connectivity index (χ2v) is 9.00. The van der Waals surface area contributed by atoms with Crippen LogP contribution < -0.4 is 10.6 Å². The minimum Gasteiger partial charge on any atom is -0.378 e. The van der Waals surface area contributed by atoms with E-state index >= 15 is 0 Å². The molecule has 6 rings (SSSR count). The number of alkyl halides is 3. The molecule has 11 nitrogen and oxygen atoms in total. The van der Waals surface area contributed by atoms with Crippen LogP contribution in [0.15, 0.2) is 24.4 Å². The largest absolute Gasteiger partial charge is 0.378 e. The molecule has 0 aliphatic carbocycles. The van der Waals surface area contributed by atoms with Crippen molar-refractivity contribution in [3.8, 4) is 11.3 Å². The number of hydrogen-bond acceptors (Lipinski definition) is 9. The molecule has 36 heavy (non-hydrogen) atoms. The Bertz CT molecular complexity index is 1390. The van der Waals surface area contributed by atoms with E-state index in [1.165, 1.54) is 0 Å². The van der Waals surface area contributed by atoms with Crippen LogP contribution in [0.25, 0.3) is 27.9 Å². The maximum absolute atomic E-state index is 14.9. The number of nitrogens with zero attached hydrogens (tertiary/aromatic N) is 8. The van der Waals surface area contributed by atoms with E-state index in [0.717, 1.165) is 11.2 Å². The number of rotatable bonds is 7. The maximum Gasteiger partial charge on any atom is 0.258 e. The molecule has 2 unspecified atom stereocenters. The van der Waals surface area contributed by atoms with Crippen molar-refractivity contribution in [3.63, 3.8) is 0 Å². The number of aromatic nitrogens is 7. The molecule has 2 fully saturated rings. The van der Waals surface area contributed by atoms with Gasteiger partial charge in [-0.2, -0.15) is 4.98 Å². The van der Waals surface area contributed by atoms with E-state index in [4.69, 9.17) is 4.74 Å². The molecule has 2 saturated heterocycles. The Balaban J connectivity index is 1.28. The van der Waals surface area contributed by atoms with Gasteiger partial charge in [-0.1, -0.05) is 5.21 Å². The number of likely N-dealkylation sites (tertiary alicyclic amines) is 1. The van der Waals surface area contributed by atoms with Crippen LogP contribution in [0, 0.1) is 0 Å². The predicted molar refractivity (Wildman–Crippen MR) is 126 cm³/mol. The first-order valence-corrected chi connectivity index (χ1v) is 11.8. The fourth-order valence-electron chi connectivity index (χ4n) is 4.75. The standard InChI is InChI=1S/C22H25F3N10O/c1-26-20-19-13(15-2-3-17-21(27-15)35(32-30-17)9-18(24)25)4-7-34(19)31-22(29-20)28-16-5-6-33(8-14(16)23)12-10-36-11-12/h2-4,7,12,14,16,18H,5-6,8-11H2,1H3,(H2,26,28,29,31). The van der Waals surface area contributed by atoms with Crippen LogP contribution in [-0.2, 0) is 11.3 Å². The average molecular weight is 503 g/mol. The molecular weight excluding hydrogens is 477 g/mol. The first-order chi connectivity index (χ1) is 17.5. The highest BCUT2D eigenvalue weighted by atomic mass is 19.3. The molecule has 6 heterocycles. The molecular formula is C22H25F3N10O. The average Bonchev–Trinajstić information content (AvgIpc) is 3.43. The summed E-state index contributed by atoms with van der Waals surface area (Å²) in [7, 11) is 1.73. The fraction of sp³-hybridized carbons (Fsp3) is 0.500. The summed E-state index contributed by atoms with van der Waals surface area (Å²) in [5, 5.41) is 18.5. The SMILES string of the molecule is CNc1nc(NC2CCN(C3COC3)CC2F)nn2ccc(-c3ccc4nnn(CC(F)F)c4n3)c12. The lowest BCUT2D eigenvalue weighted by Crippen LogP contribution is -2.57. The first-order valence-electron chi connectivity index (χ1n) is 11.8. The second-order valence-electron chi connectivity index (χ2n) is 9.00. The van der Waals surface area contributed by atoms with Gasteiger partial charge in [-0.25, -0.2) is 27.4 Å². The number of anilines is 2. The summed E-state index contributed by atoms with van der Waals surface area (Å²) >= 11 is 0. The van der Waals surface area contributed by atoms with Crippen molar-refractivity contribution in [1.29, 1.82) is 0 Å². The van der Waals surface area contributed by atoms with Crippen molar-refractivity contribution in [1.82, 2.24) is 39.5 Å². The molecule has 2 atom stereocenters. The van der Waals surface area contributed by atoms with E-state index in [2.05, 4.69) is 40.9 Å². The highest BCUT2D eigenvalue weighted by Crippen LogP contribution is 2.30. The summed E-state index contributed by atoms with van der Waals surface area (Å²) in [6.45, 7) is 1.88. The molecule has 0 spiro atoms. The minimum absolute atomic E-state index is 0.270. The summed E-state index contributed by atoms with van der Waals surface area (Å²) in [5.74, 6) is 0.831. The predicted octanol–water partition coefficient (Wildman–Crippen LogP) is 2.07. The van der Waals surface area contributed by atoms with Crippen LogP contribution in [0.2, 0.25) is 0 Å². The van der Waals surface area contributed by atoms with Gasteiger partial charge in [-0.15, -0.1) is 10.2 Å². The Morgan fingerprint density at radius 3 is 2.78 bits per heavy atom. The summed E-state index contributed by atoms with van der Waals surface area (Å²) < 4.78 is 48.8. The zero-order chi connectivity index (χ0) is 24.8. The van der Waals surface area contributed by atoms with Crippen LogP contribution in [0.4, 0.5) is 24.9 Å². The number of ether oxygens (including phenoxy) is 1. The van der Waals surface area contributed by atoms with Crippen molar-refractivity contribution in [2.75, 3.05) is 44.0 Å². The Labute approximate surface area is 203 Å². The molecule has 2 aliphatic heterocycles. The van der Waals surface area contributed by atoms with Crippen molar-refractivity contribution in [2.24, 2.45) is 0 Å². The molecule has 4 aromatic rings. The highest BCUT2D eigenvalue weighted by molar-refractivity contribution is 5.89. The van der Waals surface area contributed by atoms with Gasteiger partial charge in [-0.05, 0) is 24.6 Å². The summed E-state index contributed by atoms with van der Waals surface area (Å²) in [6.07, 6.45) is -1.24. The molecule has 0 bridgehead atoms. The zero-order valence-corrected chi connectivity index (χ0v) is 19.5. The second kappa shape index (κ2) is 9.17. The molecule has 0 radical (unpaired) electrons. The van der Waals surface area contributed by atoms with Crippen molar-refractivity contribution in [2.45, 2.75) is 37.6 Å². The van der Waals surface area contributed by atoms with Gasteiger partial charge in [0.05, 0.1) is 31.0 Å². The van der Waals surface area contributed by atoms with Crippen LogP contribution in [0.5, 0.6) is 0 Å². The van der Waals surface area contributed by atoms with E-state index in [9.17, 15) is 13.2 Å². The lowest BCUT2D eigenvalue weighted by molar-refractivity contribution is -0.0794. The van der Waals surface area contributed by atoms with Crippen molar-refractivity contribution in [3.05, 3.63) is 24.4 Å². The normalized spacial score (nSPS) is 21.4. The number of fused-ring (bicyclic) bond motifs is 2. The topological polar surface area (TPSA) is 110 Å². The Morgan fingerprint density at radius 1 is 1.19 bits per heavy atom. The number of halogens is 3. The Hall–Kier alpha value is -3.52. The van der Waals surface area contributed by atoms with Gasteiger partial charge >= 0.3 is 0 Å². The third-order valence-corrected chi connectivity index (χ3v) is 6.72. The van der Waals surface area contributed by atoms with Gasteiger partial charge in [-0.3, -0.25) is 4.90 Å². The third kappa shape index (κ3) is 4.09. The quantitative estimate of drug-likeness (QED) is 0.392. The summed E-state index contributed by atoms with van der Waals surface area (Å²) in [6, 6.07) is 5.17. The molecule has 2 aliphatic rings. The van der Waals surface area contributed by atoms with Crippen molar-refractivity contribution >= 4 is 28.4 Å². The van der Waals surface area contributed by atoms with E-state index in [1.807, 2.05) is 6.07 Å². The van der Waals surface area contributed by atoms with Crippen molar-refractivity contribution < 1.29 is 17.9 Å². The fourth-order valence-corrected chi connectivity index (χ4v) is 4.75. The molecule has 0 aromatic carbocycles. The Morgan fingerprint density at radius 2 is 2.06 bits per heavy atom. The van der Waals surface area contributed by atoms with Gasteiger partial charge in [0.25, 0.3) is 6.43 Å². The molecule has 190 valence electrons. The lowest BCUT2D eigenvalue weighted by Gasteiger charge is -2.42. The minimum atomic E-state index is -2.57. The van der Waals surface area contributed by atoms with Gasteiger partial charge in [0.15, 0.2) is 11.5 Å². The molecule has 4 aromatic heterocycles. The number of piperidine rings is 1. The monoisotopic (exact) mass is 502 g/mol. The van der Waals surface area contributed by atoms with Gasteiger partial charge in [0, 0.05) is 31.9 Å². The zero-order valence-electron chi connectivity index (χ0n) is 19.5. The van der Waals surface area contributed by atoms with Gasteiger partial charge in [0.2, 0.25) is 5.95 Å². The number of pyridine rings is 1. The molecule has 2 N–H and O–H groups in total. The highest BCUT2D eigenvalue weighted by Gasteiger charge is 2.35. The Kier molecular flexibility index (Phi) is 5.84. The van der Waals surface area contributed by atoms with Crippen LogP contribution in [-0.4, -0.2) is 97.5 Å². The first kappa shape index (κ1) is 22.9. The molecule has 0 amide bonds. The lowest BCUT2D eigenvalue weighted by atomic mass is 10.0.